The fourth-order valence-corrected chi connectivity index (χ4v) is 1.25. The Bertz CT molecular complexity index is 338. The van der Waals surface area contributed by atoms with Crippen molar-refractivity contribution in [2.24, 2.45) is 5.73 Å². The summed E-state index contributed by atoms with van der Waals surface area (Å²) < 4.78 is 52.0. The molecular formula is C10H12ClF4NO. The molecule has 0 saturated carbocycles. The summed E-state index contributed by atoms with van der Waals surface area (Å²) in [5.74, 6) is -0.0859. The zero-order valence-corrected chi connectivity index (χ0v) is 9.47. The van der Waals surface area contributed by atoms with Crippen LogP contribution in [0.1, 0.15) is 18.0 Å². The summed E-state index contributed by atoms with van der Waals surface area (Å²) >= 11 is 0. The lowest BCUT2D eigenvalue weighted by Crippen LogP contribution is -2.14. The lowest BCUT2D eigenvalue weighted by molar-refractivity contribution is -0.0499. The molecule has 1 rings (SSSR count). The van der Waals surface area contributed by atoms with Crippen LogP contribution >= 0.6 is 12.4 Å². The van der Waals surface area contributed by atoms with E-state index in [4.69, 9.17) is 5.73 Å². The number of rotatable bonds is 5. The Morgan fingerprint density at radius 3 is 2.35 bits per heavy atom. The van der Waals surface area contributed by atoms with Gasteiger partial charge in [0.1, 0.15) is 5.75 Å². The second-order valence-electron chi connectivity index (χ2n) is 3.18. The van der Waals surface area contributed by atoms with Crippen molar-refractivity contribution in [1.29, 1.82) is 0 Å². The van der Waals surface area contributed by atoms with Gasteiger partial charge in [-0.05, 0) is 17.7 Å². The van der Waals surface area contributed by atoms with Crippen LogP contribution < -0.4 is 10.5 Å². The minimum Gasteiger partial charge on any atom is -0.435 e. The number of benzene rings is 1. The third-order valence-corrected chi connectivity index (χ3v) is 1.94. The van der Waals surface area contributed by atoms with E-state index in [0.717, 1.165) is 0 Å². The second kappa shape index (κ2) is 7.34. The van der Waals surface area contributed by atoms with Crippen molar-refractivity contribution in [2.45, 2.75) is 25.5 Å². The summed E-state index contributed by atoms with van der Waals surface area (Å²) in [6.45, 7) is -2.94. The van der Waals surface area contributed by atoms with Crippen molar-refractivity contribution < 1.29 is 22.3 Å². The molecule has 2 N–H and O–H groups in total. The van der Waals surface area contributed by atoms with Gasteiger partial charge in [-0.3, -0.25) is 0 Å². The fraction of sp³-hybridized carbons (Fsp3) is 0.400. The molecule has 1 aromatic carbocycles. The Kier molecular flexibility index (Phi) is 6.91. The zero-order chi connectivity index (χ0) is 12.1. The Hall–Kier alpha value is -1.01. The smallest absolute Gasteiger partial charge is 0.387 e. The molecule has 0 heterocycles. The predicted octanol–water partition coefficient (Wildman–Crippen LogP) is 3.36. The van der Waals surface area contributed by atoms with Crippen molar-refractivity contribution in [2.75, 3.05) is 0 Å². The highest BCUT2D eigenvalue weighted by Crippen LogP contribution is 2.23. The molecular weight excluding hydrogens is 262 g/mol. The van der Waals surface area contributed by atoms with Gasteiger partial charge in [0.25, 0.3) is 0 Å². The standard InChI is InChI=1S/C10H11F4NO.ClH/c11-9(12)5-8(15)6-2-1-3-7(4-6)16-10(13)14;/h1-4,8-10H,5,15H2;1H/t8-;/m0./s1. The Morgan fingerprint density at radius 2 is 1.82 bits per heavy atom. The van der Waals surface area contributed by atoms with E-state index in [9.17, 15) is 17.6 Å². The number of nitrogens with two attached hydrogens (primary N) is 1. The first kappa shape index (κ1) is 16.0. The molecule has 0 amide bonds. The highest BCUT2D eigenvalue weighted by atomic mass is 35.5. The van der Waals surface area contributed by atoms with Crippen molar-refractivity contribution >= 4 is 12.4 Å². The van der Waals surface area contributed by atoms with Crippen LogP contribution in [0.2, 0.25) is 0 Å². The summed E-state index contributed by atoms with van der Waals surface area (Å²) in [5, 5.41) is 0. The lowest BCUT2D eigenvalue weighted by atomic mass is 10.0. The lowest BCUT2D eigenvalue weighted by Gasteiger charge is -2.12. The van der Waals surface area contributed by atoms with E-state index in [1.807, 2.05) is 0 Å². The molecule has 2 nitrogen and oxygen atoms in total. The van der Waals surface area contributed by atoms with Crippen molar-refractivity contribution in [1.82, 2.24) is 0 Å². The van der Waals surface area contributed by atoms with Crippen LogP contribution in [0, 0.1) is 0 Å². The van der Waals surface area contributed by atoms with Crippen LogP contribution in [0.4, 0.5) is 17.6 Å². The zero-order valence-electron chi connectivity index (χ0n) is 8.65. The molecule has 1 aromatic rings. The molecule has 7 heteroatoms. The van der Waals surface area contributed by atoms with Crippen LogP contribution in [-0.2, 0) is 0 Å². The monoisotopic (exact) mass is 273 g/mol. The van der Waals surface area contributed by atoms with Gasteiger partial charge in [0, 0.05) is 12.5 Å². The topological polar surface area (TPSA) is 35.2 Å². The number of hydrogen-bond acceptors (Lipinski definition) is 2. The number of hydrogen-bond donors (Lipinski definition) is 1. The van der Waals surface area contributed by atoms with E-state index in [-0.39, 0.29) is 18.2 Å². The minimum atomic E-state index is -2.94. The molecule has 0 spiro atoms. The van der Waals surface area contributed by atoms with Crippen molar-refractivity contribution in [3.8, 4) is 5.75 Å². The van der Waals surface area contributed by atoms with Gasteiger partial charge in [0.05, 0.1) is 0 Å². The summed E-state index contributed by atoms with van der Waals surface area (Å²) in [5.41, 5.74) is 5.82. The normalized spacial score (nSPS) is 12.4. The molecule has 0 bridgehead atoms. The molecule has 0 saturated heterocycles. The van der Waals surface area contributed by atoms with Crippen molar-refractivity contribution in [3.05, 3.63) is 29.8 Å². The van der Waals surface area contributed by atoms with E-state index < -0.39 is 25.5 Å². The SMILES string of the molecule is Cl.N[C@@H](CC(F)F)c1cccc(OC(F)F)c1. The largest absolute Gasteiger partial charge is 0.435 e. The quantitative estimate of drug-likeness (QED) is 0.835. The molecule has 17 heavy (non-hydrogen) atoms. The first-order valence-electron chi connectivity index (χ1n) is 4.57. The molecule has 0 aromatic heterocycles. The van der Waals surface area contributed by atoms with Crippen LogP contribution in [-0.4, -0.2) is 13.0 Å². The molecule has 0 aliphatic carbocycles. The maximum absolute atomic E-state index is 12.1. The van der Waals surface area contributed by atoms with Crippen LogP contribution in [0.5, 0.6) is 5.75 Å². The van der Waals surface area contributed by atoms with Gasteiger partial charge >= 0.3 is 6.61 Å². The Morgan fingerprint density at radius 1 is 1.18 bits per heavy atom. The van der Waals surface area contributed by atoms with Gasteiger partial charge in [0.15, 0.2) is 0 Å². The van der Waals surface area contributed by atoms with Crippen LogP contribution in [0.25, 0.3) is 0 Å². The summed E-state index contributed by atoms with van der Waals surface area (Å²) in [6.07, 6.45) is -3.05. The average molecular weight is 274 g/mol. The van der Waals surface area contributed by atoms with Crippen LogP contribution in [0.15, 0.2) is 24.3 Å². The van der Waals surface area contributed by atoms with Gasteiger partial charge in [0.2, 0.25) is 6.43 Å². The molecule has 0 fully saturated rings. The van der Waals surface area contributed by atoms with Gasteiger partial charge < -0.3 is 10.5 Å². The van der Waals surface area contributed by atoms with Gasteiger partial charge in [-0.25, -0.2) is 8.78 Å². The number of ether oxygens (including phenoxy) is 1. The number of halogens is 5. The summed E-state index contributed by atoms with van der Waals surface area (Å²) in [4.78, 5) is 0. The fourth-order valence-electron chi connectivity index (χ4n) is 1.25. The molecule has 0 unspecified atom stereocenters. The van der Waals surface area contributed by atoms with Gasteiger partial charge in [-0.15, -0.1) is 12.4 Å². The third-order valence-electron chi connectivity index (χ3n) is 1.94. The Labute approximate surface area is 102 Å². The number of alkyl halides is 4. The molecule has 0 aliphatic heterocycles. The van der Waals surface area contributed by atoms with E-state index in [0.29, 0.717) is 5.56 Å². The average Bonchev–Trinajstić information content (AvgIpc) is 2.16. The van der Waals surface area contributed by atoms with Crippen molar-refractivity contribution in [3.63, 3.8) is 0 Å². The van der Waals surface area contributed by atoms with Crippen LogP contribution in [0.3, 0.4) is 0 Å². The molecule has 1 atom stereocenters. The first-order valence-corrected chi connectivity index (χ1v) is 4.57. The maximum atomic E-state index is 12.1. The highest BCUT2D eigenvalue weighted by molar-refractivity contribution is 5.85. The Balaban J connectivity index is 0.00000256. The molecule has 98 valence electrons. The van der Waals surface area contributed by atoms with E-state index in [1.54, 1.807) is 0 Å². The summed E-state index contributed by atoms with van der Waals surface area (Å²) in [6, 6.07) is 4.58. The third kappa shape index (κ3) is 5.74. The van der Waals surface area contributed by atoms with E-state index >= 15 is 0 Å². The highest BCUT2D eigenvalue weighted by Gasteiger charge is 2.14. The molecule has 0 aliphatic rings. The minimum absolute atomic E-state index is 0. The van der Waals surface area contributed by atoms with E-state index in [2.05, 4.69) is 4.74 Å². The van der Waals surface area contributed by atoms with Gasteiger partial charge in [-0.1, -0.05) is 12.1 Å². The summed E-state index contributed by atoms with van der Waals surface area (Å²) in [7, 11) is 0. The predicted molar refractivity (Wildman–Crippen MR) is 57.9 cm³/mol. The second-order valence-corrected chi connectivity index (χ2v) is 3.18. The van der Waals surface area contributed by atoms with Gasteiger partial charge in [-0.2, -0.15) is 8.78 Å². The first-order chi connectivity index (χ1) is 7.49. The molecule has 0 radical (unpaired) electrons. The van der Waals surface area contributed by atoms with E-state index in [1.165, 1.54) is 24.3 Å². The maximum Gasteiger partial charge on any atom is 0.387 e.